The lowest BCUT2D eigenvalue weighted by molar-refractivity contribution is -0.146. The Morgan fingerprint density at radius 1 is 1.10 bits per heavy atom. The van der Waals surface area contributed by atoms with Crippen LogP contribution in [-0.2, 0) is 20.7 Å². The summed E-state index contributed by atoms with van der Waals surface area (Å²) >= 11 is 6.02. The van der Waals surface area contributed by atoms with Crippen LogP contribution in [0.15, 0.2) is 60.8 Å². The molecule has 0 aliphatic carbocycles. The molecule has 1 amide bonds. The first-order valence-corrected chi connectivity index (χ1v) is 10.0. The van der Waals surface area contributed by atoms with Crippen molar-refractivity contribution in [2.24, 2.45) is 5.92 Å². The van der Waals surface area contributed by atoms with E-state index in [0.717, 1.165) is 16.8 Å². The molecule has 1 heterocycles. The van der Waals surface area contributed by atoms with Gasteiger partial charge in [0.1, 0.15) is 6.04 Å². The second-order valence-corrected chi connectivity index (χ2v) is 7.72. The Hall–Kier alpha value is -3.12. The second-order valence-electron chi connectivity index (χ2n) is 7.28. The second kappa shape index (κ2) is 9.59. The molecule has 6 nitrogen and oxygen atoms in total. The Morgan fingerprint density at radius 3 is 2.37 bits per heavy atom. The Bertz CT molecular complexity index is 1010. The number of carbonyl (C=O) groups excluding carboxylic acids is 2. The number of benzene rings is 2. The molecule has 0 spiro atoms. The van der Waals surface area contributed by atoms with E-state index < -0.39 is 12.0 Å². The summed E-state index contributed by atoms with van der Waals surface area (Å²) in [6.07, 6.45) is 1.91. The number of nitrogens with zero attached hydrogens (tertiary/aromatic N) is 2. The van der Waals surface area contributed by atoms with E-state index in [-0.39, 0.29) is 18.2 Å². The van der Waals surface area contributed by atoms with Gasteiger partial charge in [-0.25, -0.2) is 9.48 Å². The number of hydrogen-bond donors (Lipinski definition) is 1. The lowest BCUT2D eigenvalue weighted by Gasteiger charge is -2.19. The van der Waals surface area contributed by atoms with Crippen molar-refractivity contribution in [3.8, 4) is 16.9 Å². The first-order valence-electron chi connectivity index (χ1n) is 9.66. The van der Waals surface area contributed by atoms with Crippen LogP contribution in [-0.4, -0.2) is 34.8 Å². The molecule has 3 aromatic rings. The molecular weight excluding hydrogens is 402 g/mol. The van der Waals surface area contributed by atoms with E-state index in [9.17, 15) is 9.59 Å². The molecule has 156 valence electrons. The van der Waals surface area contributed by atoms with Gasteiger partial charge < -0.3 is 10.1 Å². The van der Waals surface area contributed by atoms with Gasteiger partial charge in [0.15, 0.2) is 0 Å². The predicted molar refractivity (Wildman–Crippen MR) is 116 cm³/mol. The van der Waals surface area contributed by atoms with Gasteiger partial charge in [-0.05, 0) is 30.2 Å². The number of amides is 1. The molecule has 0 saturated carbocycles. The van der Waals surface area contributed by atoms with Crippen molar-refractivity contribution in [1.82, 2.24) is 15.1 Å². The summed E-state index contributed by atoms with van der Waals surface area (Å²) in [5.74, 6) is -0.831. The number of hydrogen-bond acceptors (Lipinski definition) is 4. The number of para-hydroxylation sites is 1. The average Bonchev–Trinajstić information content (AvgIpc) is 3.16. The van der Waals surface area contributed by atoms with Gasteiger partial charge in [-0.15, -0.1) is 0 Å². The predicted octanol–water partition coefficient (Wildman–Crippen LogP) is 4.05. The molecule has 2 aromatic carbocycles. The van der Waals surface area contributed by atoms with Gasteiger partial charge in [-0.2, -0.15) is 5.10 Å². The summed E-state index contributed by atoms with van der Waals surface area (Å²) in [5, 5.41) is 8.11. The first-order chi connectivity index (χ1) is 14.4. The highest BCUT2D eigenvalue weighted by Crippen LogP contribution is 2.26. The number of methoxy groups -OCH3 is 1. The number of rotatable bonds is 7. The summed E-state index contributed by atoms with van der Waals surface area (Å²) in [6.45, 7) is 3.71. The summed E-state index contributed by atoms with van der Waals surface area (Å²) < 4.78 is 6.55. The third-order valence-corrected chi connectivity index (χ3v) is 4.97. The zero-order valence-corrected chi connectivity index (χ0v) is 17.9. The van der Waals surface area contributed by atoms with Crippen LogP contribution in [0.25, 0.3) is 16.9 Å². The van der Waals surface area contributed by atoms with Crippen LogP contribution >= 0.6 is 11.6 Å². The minimum Gasteiger partial charge on any atom is -0.467 e. The van der Waals surface area contributed by atoms with Crippen molar-refractivity contribution in [2.45, 2.75) is 26.3 Å². The Balaban J connectivity index is 1.92. The maximum atomic E-state index is 12.8. The molecule has 30 heavy (non-hydrogen) atoms. The normalized spacial score (nSPS) is 11.9. The number of ether oxygens (including phenoxy) is 1. The first kappa shape index (κ1) is 21.6. The molecule has 0 bridgehead atoms. The van der Waals surface area contributed by atoms with E-state index in [1.165, 1.54) is 7.11 Å². The Labute approximate surface area is 180 Å². The SMILES string of the molecule is COC(=O)[C@@H](NC(=O)Cc1cn(-c2ccccc2)nc1-c1ccc(Cl)cc1)C(C)C. The fourth-order valence-electron chi connectivity index (χ4n) is 3.13. The summed E-state index contributed by atoms with van der Waals surface area (Å²) in [7, 11) is 1.31. The highest BCUT2D eigenvalue weighted by molar-refractivity contribution is 6.30. The third-order valence-electron chi connectivity index (χ3n) is 4.72. The number of esters is 1. The summed E-state index contributed by atoms with van der Waals surface area (Å²) in [5.41, 5.74) is 3.16. The van der Waals surface area contributed by atoms with Crippen molar-refractivity contribution < 1.29 is 14.3 Å². The molecule has 1 aromatic heterocycles. The van der Waals surface area contributed by atoms with Crippen molar-refractivity contribution in [1.29, 1.82) is 0 Å². The van der Waals surface area contributed by atoms with Gasteiger partial charge in [-0.3, -0.25) is 4.79 Å². The fourth-order valence-corrected chi connectivity index (χ4v) is 3.25. The van der Waals surface area contributed by atoms with Crippen LogP contribution in [0, 0.1) is 5.92 Å². The van der Waals surface area contributed by atoms with Crippen molar-refractivity contribution in [3.05, 3.63) is 71.4 Å². The van der Waals surface area contributed by atoms with Crippen LogP contribution < -0.4 is 5.32 Å². The Morgan fingerprint density at radius 2 is 1.77 bits per heavy atom. The van der Waals surface area contributed by atoms with E-state index in [2.05, 4.69) is 5.32 Å². The molecule has 0 aliphatic heterocycles. The standard InChI is InChI=1S/C23H24ClN3O3/c1-15(2)21(23(29)30-3)25-20(28)13-17-14-27(19-7-5-4-6-8-19)26-22(17)16-9-11-18(24)12-10-16/h4-12,14-15,21H,13H2,1-3H3,(H,25,28)/t21-/m0/s1. The van der Waals surface area contributed by atoms with E-state index in [4.69, 9.17) is 21.4 Å². The zero-order valence-electron chi connectivity index (χ0n) is 17.1. The Kier molecular flexibility index (Phi) is 6.90. The van der Waals surface area contributed by atoms with E-state index >= 15 is 0 Å². The molecule has 1 atom stereocenters. The number of carbonyl (C=O) groups is 2. The van der Waals surface area contributed by atoms with Gasteiger partial charge >= 0.3 is 5.97 Å². The average molecular weight is 426 g/mol. The molecule has 0 aliphatic rings. The van der Waals surface area contributed by atoms with E-state index in [1.807, 2.05) is 62.5 Å². The highest BCUT2D eigenvalue weighted by Gasteiger charge is 2.25. The number of halogens is 1. The van der Waals surface area contributed by atoms with Crippen LogP contribution in [0.5, 0.6) is 0 Å². The molecule has 0 saturated heterocycles. The van der Waals surface area contributed by atoms with Crippen LogP contribution in [0.1, 0.15) is 19.4 Å². The van der Waals surface area contributed by atoms with Gasteiger partial charge in [0.05, 0.1) is 24.9 Å². The molecular formula is C23H24ClN3O3. The van der Waals surface area contributed by atoms with Gasteiger partial charge in [0.2, 0.25) is 5.91 Å². The zero-order chi connectivity index (χ0) is 21.7. The minimum atomic E-state index is -0.703. The van der Waals surface area contributed by atoms with Crippen LogP contribution in [0.2, 0.25) is 5.02 Å². The van der Waals surface area contributed by atoms with Crippen molar-refractivity contribution in [2.75, 3.05) is 7.11 Å². The largest absolute Gasteiger partial charge is 0.467 e. The molecule has 0 unspecified atom stereocenters. The molecule has 0 radical (unpaired) electrons. The smallest absolute Gasteiger partial charge is 0.328 e. The van der Waals surface area contributed by atoms with E-state index in [0.29, 0.717) is 10.7 Å². The van der Waals surface area contributed by atoms with Gasteiger partial charge in [0.25, 0.3) is 0 Å². The summed E-state index contributed by atoms with van der Waals surface area (Å²) in [4.78, 5) is 24.7. The van der Waals surface area contributed by atoms with Crippen LogP contribution in [0.3, 0.4) is 0 Å². The lowest BCUT2D eigenvalue weighted by atomic mass is 10.0. The van der Waals surface area contributed by atoms with Gasteiger partial charge in [0, 0.05) is 22.3 Å². The van der Waals surface area contributed by atoms with Crippen molar-refractivity contribution >= 4 is 23.5 Å². The van der Waals surface area contributed by atoms with E-state index in [1.54, 1.807) is 16.8 Å². The third kappa shape index (κ3) is 5.07. The fraction of sp³-hybridized carbons (Fsp3) is 0.261. The molecule has 1 N–H and O–H groups in total. The monoisotopic (exact) mass is 425 g/mol. The van der Waals surface area contributed by atoms with Crippen LogP contribution in [0.4, 0.5) is 0 Å². The van der Waals surface area contributed by atoms with Gasteiger partial charge in [-0.1, -0.05) is 55.8 Å². The molecule has 3 rings (SSSR count). The number of aromatic nitrogens is 2. The molecule has 0 fully saturated rings. The quantitative estimate of drug-likeness (QED) is 0.579. The van der Waals surface area contributed by atoms with Crippen molar-refractivity contribution in [3.63, 3.8) is 0 Å². The number of nitrogens with one attached hydrogen (secondary N) is 1. The topological polar surface area (TPSA) is 73.2 Å². The maximum Gasteiger partial charge on any atom is 0.328 e. The maximum absolute atomic E-state index is 12.8. The highest BCUT2D eigenvalue weighted by atomic mass is 35.5. The lowest BCUT2D eigenvalue weighted by Crippen LogP contribution is -2.45. The summed E-state index contributed by atoms with van der Waals surface area (Å²) in [6, 6.07) is 16.3. The minimum absolute atomic E-state index is 0.0744. The molecule has 7 heteroatoms.